The first kappa shape index (κ1) is 16.8. The molecule has 1 aromatic rings. The summed E-state index contributed by atoms with van der Waals surface area (Å²) in [6.45, 7) is 6.97. The lowest BCUT2D eigenvalue weighted by Crippen LogP contribution is -2.50. The zero-order valence-electron chi connectivity index (χ0n) is 14.8. The lowest BCUT2D eigenvalue weighted by Gasteiger charge is -2.40. The average Bonchev–Trinajstić information content (AvgIpc) is 3.25. The van der Waals surface area contributed by atoms with Crippen molar-refractivity contribution >= 4 is 12.1 Å². The van der Waals surface area contributed by atoms with E-state index in [1.807, 2.05) is 32.9 Å². The van der Waals surface area contributed by atoms with Crippen LogP contribution in [0.4, 0.5) is 4.79 Å². The van der Waals surface area contributed by atoms with Gasteiger partial charge in [-0.1, -0.05) is 24.3 Å². The van der Waals surface area contributed by atoms with Crippen molar-refractivity contribution in [3.8, 4) is 0 Å². The molecule has 0 unspecified atom stereocenters. The third-order valence-electron chi connectivity index (χ3n) is 4.79. The Morgan fingerprint density at radius 2 is 1.71 bits per heavy atom. The Balaban J connectivity index is 1.59. The number of nitrogens with zero attached hydrogens (tertiary/aromatic N) is 1. The predicted octanol–water partition coefficient (Wildman–Crippen LogP) is 3.23. The van der Waals surface area contributed by atoms with Gasteiger partial charge in [-0.25, -0.2) is 4.79 Å². The molecule has 3 rings (SSSR count). The number of ether oxygens (including phenoxy) is 2. The van der Waals surface area contributed by atoms with Crippen LogP contribution in [0.5, 0.6) is 0 Å². The van der Waals surface area contributed by atoms with Crippen molar-refractivity contribution in [1.82, 2.24) is 4.90 Å². The maximum Gasteiger partial charge on any atom is 0.410 e. The summed E-state index contributed by atoms with van der Waals surface area (Å²) in [7, 11) is 1.44. The molecule has 130 valence electrons. The highest BCUT2D eigenvalue weighted by Gasteiger charge is 2.52. The number of carbonyl (C=O) groups is 2. The fraction of sp³-hybridized carbons (Fsp3) is 0.579. The number of esters is 1. The zero-order valence-corrected chi connectivity index (χ0v) is 14.8. The summed E-state index contributed by atoms with van der Waals surface area (Å²) in [5.74, 6) is 0.190. The number of hydrogen-bond donors (Lipinski definition) is 0. The van der Waals surface area contributed by atoms with Gasteiger partial charge in [-0.05, 0) is 44.7 Å². The number of benzene rings is 1. The van der Waals surface area contributed by atoms with Crippen LogP contribution >= 0.6 is 0 Å². The molecule has 1 saturated carbocycles. The monoisotopic (exact) mass is 331 g/mol. The maximum absolute atomic E-state index is 12.0. The van der Waals surface area contributed by atoms with Gasteiger partial charge in [0.25, 0.3) is 0 Å². The normalized spacial score (nSPS) is 19.4. The molecule has 2 aliphatic rings. The molecular formula is C19H25NO4. The van der Waals surface area contributed by atoms with Gasteiger partial charge >= 0.3 is 12.1 Å². The Morgan fingerprint density at radius 1 is 1.12 bits per heavy atom. The van der Waals surface area contributed by atoms with E-state index in [1.165, 1.54) is 12.7 Å². The molecule has 5 nitrogen and oxygen atoms in total. The quantitative estimate of drug-likeness (QED) is 0.798. The van der Waals surface area contributed by atoms with Crippen LogP contribution < -0.4 is 0 Å². The molecule has 2 fully saturated rings. The molecule has 0 N–H and O–H groups in total. The van der Waals surface area contributed by atoms with Gasteiger partial charge in [0.1, 0.15) is 5.60 Å². The van der Waals surface area contributed by atoms with Crippen molar-refractivity contribution in [2.45, 2.75) is 50.5 Å². The number of likely N-dealkylation sites (tertiary alicyclic amines) is 1. The molecule has 1 aromatic carbocycles. The molecule has 1 amide bonds. The average molecular weight is 331 g/mol. The second-order valence-electron chi connectivity index (χ2n) is 7.78. The van der Waals surface area contributed by atoms with Crippen molar-refractivity contribution in [2.75, 3.05) is 20.2 Å². The Morgan fingerprint density at radius 3 is 2.17 bits per heavy atom. The van der Waals surface area contributed by atoms with E-state index in [4.69, 9.17) is 9.47 Å². The van der Waals surface area contributed by atoms with E-state index >= 15 is 0 Å². The Hall–Kier alpha value is -2.04. The van der Waals surface area contributed by atoms with Gasteiger partial charge in [0.05, 0.1) is 12.5 Å². The van der Waals surface area contributed by atoms with E-state index < -0.39 is 11.0 Å². The lowest BCUT2D eigenvalue weighted by molar-refractivity contribution is -0.143. The SMILES string of the molecule is COC(=O)C1(c2ccc(C3CN(C(=O)OC(C)(C)C)C3)cc2)CC1. The Bertz CT molecular complexity index is 634. The summed E-state index contributed by atoms with van der Waals surface area (Å²) >= 11 is 0. The van der Waals surface area contributed by atoms with E-state index in [0.29, 0.717) is 19.0 Å². The third-order valence-corrected chi connectivity index (χ3v) is 4.79. The first-order chi connectivity index (χ1) is 11.2. The molecule has 1 aliphatic heterocycles. The summed E-state index contributed by atoms with van der Waals surface area (Å²) in [5, 5.41) is 0. The van der Waals surface area contributed by atoms with Crippen LogP contribution in [0.15, 0.2) is 24.3 Å². The summed E-state index contributed by atoms with van der Waals surface area (Å²) < 4.78 is 10.3. The van der Waals surface area contributed by atoms with Crippen LogP contribution in [-0.2, 0) is 19.7 Å². The maximum atomic E-state index is 12.0. The first-order valence-corrected chi connectivity index (χ1v) is 8.42. The van der Waals surface area contributed by atoms with Crippen molar-refractivity contribution in [2.24, 2.45) is 0 Å². The van der Waals surface area contributed by atoms with Crippen LogP contribution in [0.25, 0.3) is 0 Å². The molecule has 1 saturated heterocycles. The summed E-state index contributed by atoms with van der Waals surface area (Å²) in [6.07, 6.45) is 1.46. The molecule has 0 atom stereocenters. The van der Waals surface area contributed by atoms with E-state index in [-0.39, 0.29) is 12.1 Å². The van der Waals surface area contributed by atoms with Gasteiger partial charge in [0.2, 0.25) is 0 Å². The zero-order chi connectivity index (χ0) is 17.5. The van der Waals surface area contributed by atoms with Crippen molar-refractivity contribution in [3.05, 3.63) is 35.4 Å². The van der Waals surface area contributed by atoms with E-state index in [9.17, 15) is 9.59 Å². The molecule has 0 bridgehead atoms. The molecule has 24 heavy (non-hydrogen) atoms. The van der Waals surface area contributed by atoms with Crippen molar-refractivity contribution in [3.63, 3.8) is 0 Å². The minimum atomic E-state index is -0.462. The van der Waals surface area contributed by atoms with Gasteiger partial charge in [-0.2, -0.15) is 0 Å². The summed E-state index contributed by atoms with van der Waals surface area (Å²) in [4.78, 5) is 25.6. The number of rotatable bonds is 3. The Labute approximate surface area is 142 Å². The minimum Gasteiger partial charge on any atom is -0.468 e. The largest absolute Gasteiger partial charge is 0.468 e. The third kappa shape index (κ3) is 3.12. The van der Waals surface area contributed by atoms with Gasteiger partial charge in [-0.15, -0.1) is 0 Å². The second-order valence-corrected chi connectivity index (χ2v) is 7.78. The van der Waals surface area contributed by atoms with Crippen molar-refractivity contribution < 1.29 is 19.1 Å². The van der Waals surface area contributed by atoms with Gasteiger partial charge in [0.15, 0.2) is 0 Å². The molecule has 0 radical (unpaired) electrons. The fourth-order valence-electron chi connectivity index (χ4n) is 3.17. The number of amides is 1. The van der Waals surface area contributed by atoms with Crippen LogP contribution in [0, 0.1) is 0 Å². The fourth-order valence-corrected chi connectivity index (χ4v) is 3.17. The van der Waals surface area contributed by atoms with Crippen molar-refractivity contribution in [1.29, 1.82) is 0 Å². The second kappa shape index (κ2) is 5.80. The summed E-state index contributed by atoms with van der Waals surface area (Å²) in [6, 6.07) is 8.18. The van der Waals surface area contributed by atoms with Crippen LogP contribution in [0.3, 0.4) is 0 Å². The predicted molar refractivity (Wildman–Crippen MR) is 89.9 cm³/mol. The van der Waals surface area contributed by atoms with Gasteiger partial charge in [-0.3, -0.25) is 4.79 Å². The van der Waals surface area contributed by atoms with Gasteiger partial charge in [0, 0.05) is 19.0 Å². The molecule has 0 aromatic heterocycles. The highest BCUT2D eigenvalue weighted by molar-refractivity contribution is 5.86. The van der Waals surface area contributed by atoms with E-state index in [1.54, 1.807) is 4.90 Å². The standard InChI is InChI=1S/C19H25NO4/c1-18(2,3)24-17(22)20-11-14(12-20)13-5-7-15(8-6-13)19(9-10-19)16(21)23-4/h5-8,14H,9-12H2,1-4H3. The Kier molecular flexibility index (Phi) is 4.06. The number of carbonyl (C=O) groups excluding carboxylic acids is 2. The van der Waals surface area contributed by atoms with E-state index in [0.717, 1.165) is 18.4 Å². The van der Waals surface area contributed by atoms with Gasteiger partial charge < -0.3 is 14.4 Å². The smallest absolute Gasteiger partial charge is 0.410 e. The topological polar surface area (TPSA) is 55.8 Å². The van der Waals surface area contributed by atoms with Crippen LogP contribution in [0.1, 0.15) is 50.7 Å². The molecular weight excluding hydrogens is 306 g/mol. The highest BCUT2D eigenvalue weighted by atomic mass is 16.6. The van der Waals surface area contributed by atoms with Crippen LogP contribution in [0.2, 0.25) is 0 Å². The summed E-state index contributed by atoms with van der Waals surface area (Å²) in [5.41, 5.74) is 1.34. The lowest BCUT2D eigenvalue weighted by atomic mass is 9.88. The minimum absolute atomic E-state index is 0.144. The molecule has 1 heterocycles. The first-order valence-electron chi connectivity index (χ1n) is 8.42. The molecule has 0 spiro atoms. The molecule has 5 heteroatoms. The highest BCUT2D eigenvalue weighted by Crippen LogP contribution is 2.49. The molecule has 1 aliphatic carbocycles. The van der Waals surface area contributed by atoms with Crippen LogP contribution in [-0.4, -0.2) is 42.8 Å². The van der Waals surface area contributed by atoms with E-state index in [2.05, 4.69) is 12.1 Å². The number of methoxy groups -OCH3 is 1. The number of hydrogen-bond acceptors (Lipinski definition) is 4.